The van der Waals surface area contributed by atoms with Gasteiger partial charge >= 0.3 is 6.36 Å². The Kier molecular flexibility index (Phi) is 6.75. The number of H-pyrrole nitrogens is 1. The third-order valence-electron chi connectivity index (χ3n) is 4.17. The molecule has 31 heavy (non-hydrogen) atoms. The van der Waals surface area contributed by atoms with Crippen LogP contribution in [-0.4, -0.2) is 49.1 Å². The van der Waals surface area contributed by atoms with Gasteiger partial charge in [0.2, 0.25) is 5.95 Å². The Morgan fingerprint density at radius 3 is 2.77 bits per heavy atom. The predicted molar refractivity (Wildman–Crippen MR) is 97.9 cm³/mol. The second-order valence-corrected chi connectivity index (χ2v) is 6.46. The van der Waals surface area contributed by atoms with Crippen molar-refractivity contribution in [1.82, 2.24) is 15.3 Å². The van der Waals surface area contributed by atoms with Crippen molar-refractivity contribution in [3.63, 3.8) is 0 Å². The van der Waals surface area contributed by atoms with Crippen LogP contribution in [0.2, 0.25) is 0 Å². The molecule has 2 N–H and O–H groups in total. The first-order valence-electron chi connectivity index (χ1n) is 9.03. The van der Waals surface area contributed by atoms with Crippen LogP contribution < -0.4 is 20.7 Å². The average molecular weight is 446 g/mol. The molecule has 0 aliphatic carbocycles. The number of nitrogens with zero attached hydrogens (tertiary/aromatic N) is 2. The van der Waals surface area contributed by atoms with E-state index < -0.39 is 35.4 Å². The van der Waals surface area contributed by atoms with E-state index in [1.807, 2.05) is 0 Å². The lowest BCUT2D eigenvalue weighted by Gasteiger charge is -2.20. The predicted octanol–water partition coefficient (Wildman–Crippen LogP) is 2.07. The van der Waals surface area contributed by atoms with Crippen LogP contribution in [0, 0.1) is 5.82 Å². The lowest BCUT2D eigenvalue weighted by molar-refractivity contribution is -0.275. The molecule has 1 amide bonds. The molecule has 2 aromatic rings. The molecule has 0 saturated carbocycles. The Balaban J connectivity index is 1.81. The fourth-order valence-electron chi connectivity index (χ4n) is 2.86. The van der Waals surface area contributed by atoms with Gasteiger partial charge in [0.1, 0.15) is 5.69 Å². The van der Waals surface area contributed by atoms with E-state index in [1.54, 1.807) is 0 Å². The van der Waals surface area contributed by atoms with Crippen molar-refractivity contribution in [1.29, 1.82) is 0 Å². The molecule has 9 nitrogen and oxygen atoms in total. The van der Waals surface area contributed by atoms with Gasteiger partial charge in [0.05, 0.1) is 25.8 Å². The van der Waals surface area contributed by atoms with Crippen LogP contribution in [-0.2, 0) is 9.57 Å². The summed E-state index contributed by atoms with van der Waals surface area (Å²) in [5.41, 5.74) is -0.698. The van der Waals surface area contributed by atoms with Crippen molar-refractivity contribution >= 4 is 11.9 Å². The number of methoxy groups -OCH3 is 1. The maximum Gasteiger partial charge on any atom is 0.573 e. The highest BCUT2D eigenvalue weighted by molar-refractivity contribution is 5.92. The molecule has 13 heteroatoms. The third kappa shape index (κ3) is 5.92. The van der Waals surface area contributed by atoms with E-state index in [0.717, 1.165) is 30.7 Å². The van der Waals surface area contributed by atoms with E-state index in [0.29, 0.717) is 13.2 Å². The van der Waals surface area contributed by atoms with E-state index >= 15 is 0 Å². The third-order valence-corrected chi connectivity index (χ3v) is 4.17. The minimum absolute atomic E-state index is 0.0538. The Bertz CT molecular complexity index is 992. The Hall–Kier alpha value is -3.19. The number of halogens is 4. The molecule has 1 fully saturated rings. The number of carbonyl (C=O) groups excluding carboxylic acids is 1. The number of hydrogen-bond donors (Lipinski definition) is 2. The summed E-state index contributed by atoms with van der Waals surface area (Å²) in [6.45, 7) is 0.789. The summed E-state index contributed by atoms with van der Waals surface area (Å²) in [5, 5.41) is 3.87. The van der Waals surface area contributed by atoms with E-state index in [-0.39, 0.29) is 23.8 Å². The van der Waals surface area contributed by atoms with Gasteiger partial charge < -0.3 is 14.8 Å². The van der Waals surface area contributed by atoms with E-state index in [2.05, 4.69) is 20.0 Å². The van der Waals surface area contributed by atoms with E-state index in [4.69, 9.17) is 9.57 Å². The molecule has 3 rings (SSSR count). The average Bonchev–Trinajstić information content (AvgIpc) is 3.22. The van der Waals surface area contributed by atoms with Gasteiger partial charge in [-0.1, -0.05) is 6.07 Å². The Morgan fingerprint density at radius 1 is 1.39 bits per heavy atom. The first kappa shape index (κ1) is 22.5. The summed E-state index contributed by atoms with van der Waals surface area (Å²) < 4.78 is 59.6. The molecule has 1 saturated heterocycles. The minimum Gasteiger partial charge on any atom is -0.403 e. The van der Waals surface area contributed by atoms with Crippen LogP contribution in [0.4, 0.5) is 23.5 Å². The van der Waals surface area contributed by atoms with Crippen molar-refractivity contribution in [3.05, 3.63) is 51.7 Å². The van der Waals surface area contributed by atoms with Crippen LogP contribution in [0.25, 0.3) is 0 Å². The number of carbonyl (C=O) groups is 1. The standard InChI is InChI=1S/C18H18F4N4O5/c1-29-9-13(10-3-4-14(11(19)7-10)31-18(20,21)22)23-16(28)12-8-15(27)25-17(24-12)26-5-2-6-30-26/h3-4,7-8,13H,2,5-6,9H2,1H3,(H,23,28)(H,24,25,27). The molecule has 1 aromatic heterocycles. The fourth-order valence-corrected chi connectivity index (χ4v) is 2.86. The number of rotatable bonds is 7. The van der Waals surface area contributed by atoms with Crippen LogP contribution in [0.5, 0.6) is 5.75 Å². The van der Waals surface area contributed by atoms with Gasteiger partial charge in [-0.2, -0.15) is 0 Å². The Labute approximate surface area is 172 Å². The smallest absolute Gasteiger partial charge is 0.403 e. The summed E-state index contributed by atoms with van der Waals surface area (Å²) >= 11 is 0. The van der Waals surface area contributed by atoms with Gasteiger partial charge in [-0.25, -0.2) is 14.4 Å². The molecule has 0 radical (unpaired) electrons. The summed E-state index contributed by atoms with van der Waals surface area (Å²) in [4.78, 5) is 36.4. The highest BCUT2D eigenvalue weighted by atomic mass is 19.4. The van der Waals surface area contributed by atoms with Gasteiger partial charge in [0, 0.05) is 13.2 Å². The minimum atomic E-state index is -5.05. The monoisotopic (exact) mass is 446 g/mol. The van der Waals surface area contributed by atoms with Crippen LogP contribution >= 0.6 is 0 Å². The lowest BCUT2D eigenvalue weighted by Crippen LogP contribution is -2.33. The fraction of sp³-hybridized carbons (Fsp3) is 0.389. The van der Waals surface area contributed by atoms with E-state index in [9.17, 15) is 27.2 Å². The molecule has 1 unspecified atom stereocenters. The summed E-state index contributed by atoms with van der Waals surface area (Å²) in [7, 11) is 1.32. The second-order valence-electron chi connectivity index (χ2n) is 6.46. The molecule has 0 bridgehead atoms. The largest absolute Gasteiger partial charge is 0.573 e. The Morgan fingerprint density at radius 2 is 2.16 bits per heavy atom. The molecule has 1 aliphatic heterocycles. The number of hydrogen-bond acceptors (Lipinski definition) is 7. The molecule has 168 valence electrons. The number of nitrogens with one attached hydrogen (secondary N) is 2. The van der Waals surface area contributed by atoms with Gasteiger partial charge in [0.15, 0.2) is 11.6 Å². The molecular formula is C18H18F4N4O5. The van der Waals surface area contributed by atoms with Crippen molar-refractivity contribution in [2.75, 3.05) is 31.9 Å². The zero-order chi connectivity index (χ0) is 22.6. The second kappa shape index (κ2) is 9.31. The summed E-state index contributed by atoms with van der Waals surface area (Å²) in [6.07, 6.45) is -4.33. The van der Waals surface area contributed by atoms with Gasteiger partial charge in [0.25, 0.3) is 11.5 Å². The highest BCUT2D eigenvalue weighted by Crippen LogP contribution is 2.28. The van der Waals surface area contributed by atoms with Gasteiger partial charge in [-0.15, -0.1) is 13.2 Å². The van der Waals surface area contributed by atoms with Gasteiger partial charge in [-0.3, -0.25) is 19.4 Å². The molecule has 0 spiro atoms. The SMILES string of the molecule is COCC(NC(=O)c1cc(=O)[nH]c(N2CCCO2)n1)c1ccc(OC(F)(F)F)c(F)c1. The molecule has 2 heterocycles. The highest BCUT2D eigenvalue weighted by Gasteiger charge is 2.32. The summed E-state index contributed by atoms with van der Waals surface area (Å²) in [6, 6.07) is 2.77. The normalized spacial score (nSPS) is 15.1. The molecular weight excluding hydrogens is 428 g/mol. The van der Waals surface area contributed by atoms with Crippen molar-refractivity contribution in [3.8, 4) is 5.75 Å². The van der Waals surface area contributed by atoms with E-state index in [1.165, 1.54) is 12.2 Å². The molecule has 1 aliphatic rings. The first-order chi connectivity index (χ1) is 14.7. The number of aromatic amines is 1. The quantitative estimate of drug-likeness (QED) is 0.628. The van der Waals surface area contributed by atoms with Crippen molar-refractivity contribution in [2.45, 2.75) is 18.8 Å². The number of benzene rings is 1. The topological polar surface area (TPSA) is 106 Å². The molecule has 1 aromatic carbocycles. The number of hydroxylamine groups is 1. The number of alkyl halides is 3. The number of amides is 1. The van der Waals surface area contributed by atoms with Gasteiger partial charge in [-0.05, 0) is 24.1 Å². The van der Waals surface area contributed by atoms with Crippen molar-refractivity contribution in [2.24, 2.45) is 0 Å². The lowest BCUT2D eigenvalue weighted by atomic mass is 10.1. The number of aromatic nitrogens is 2. The maximum absolute atomic E-state index is 14.1. The maximum atomic E-state index is 14.1. The number of anilines is 1. The van der Waals surface area contributed by atoms with Crippen LogP contribution in [0.1, 0.15) is 28.5 Å². The zero-order valence-electron chi connectivity index (χ0n) is 16.2. The first-order valence-corrected chi connectivity index (χ1v) is 9.03. The van der Waals surface area contributed by atoms with Crippen molar-refractivity contribution < 1.29 is 36.7 Å². The summed E-state index contributed by atoms with van der Waals surface area (Å²) in [5.74, 6) is -3.00. The van der Waals surface area contributed by atoms with Crippen LogP contribution in [0.3, 0.4) is 0 Å². The zero-order valence-corrected chi connectivity index (χ0v) is 16.2. The molecule has 1 atom stereocenters. The van der Waals surface area contributed by atoms with Crippen LogP contribution in [0.15, 0.2) is 29.1 Å². The number of ether oxygens (including phenoxy) is 2.